The molecule has 0 saturated carbocycles. The summed E-state index contributed by atoms with van der Waals surface area (Å²) in [4.78, 5) is 42.9. The minimum absolute atomic E-state index is 0.0308. The lowest BCUT2D eigenvalue weighted by Gasteiger charge is -2.18. The molecule has 0 aliphatic carbocycles. The Kier molecular flexibility index (Phi) is 4.84. The summed E-state index contributed by atoms with van der Waals surface area (Å²) in [6.45, 7) is 0.395. The highest BCUT2D eigenvalue weighted by Gasteiger charge is 2.29. The Morgan fingerprint density at radius 2 is 1.53 bits per heavy atom. The lowest BCUT2D eigenvalue weighted by molar-refractivity contribution is 0.0846. The highest BCUT2D eigenvalue weighted by Crippen LogP contribution is 2.37. The average Bonchev–Trinajstić information content (AvgIpc) is 3.11. The lowest BCUT2D eigenvalue weighted by Crippen LogP contribution is -2.41. The first-order valence-corrected chi connectivity index (χ1v) is 10.0. The van der Waals surface area contributed by atoms with Crippen molar-refractivity contribution in [3.63, 3.8) is 0 Å². The van der Waals surface area contributed by atoms with Gasteiger partial charge in [0.05, 0.1) is 17.8 Å². The molecule has 2 heterocycles. The van der Waals surface area contributed by atoms with E-state index in [1.165, 1.54) is 6.20 Å². The second kappa shape index (κ2) is 7.96. The number of carbonyl (C=O) groups excluding carboxylic acids is 3. The zero-order valence-corrected chi connectivity index (χ0v) is 16.9. The molecule has 7 nitrogen and oxygen atoms in total. The number of aromatic nitrogens is 1. The normalized spacial score (nSPS) is 12.1. The molecular weight excluding hydrogens is 404 g/mol. The second-order valence-corrected chi connectivity index (χ2v) is 7.42. The Hall–Kier alpha value is -4.52. The van der Waals surface area contributed by atoms with Crippen LogP contribution < -0.4 is 15.8 Å². The molecule has 1 aliphatic rings. The van der Waals surface area contributed by atoms with Gasteiger partial charge >= 0.3 is 0 Å². The molecule has 0 atom stereocenters. The van der Waals surface area contributed by atoms with E-state index >= 15 is 0 Å². The van der Waals surface area contributed by atoms with Gasteiger partial charge in [-0.05, 0) is 47.3 Å². The number of anilines is 1. The summed E-state index contributed by atoms with van der Waals surface area (Å²) >= 11 is 0. The quantitative estimate of drug-likeness (QED) is 0.493. The first-order chi connectivity index (χ1) is 15.6. The molecule has 0 unspecified atom stereocenters. The summed E-state index contributed by atoms with van der Waals surface area (Å²) in [6, 6.07) is 21.8. The van der Waals surface area contributed by atoms with Gasteiger partial charge in [-0.15, -0.1) is 0 Å². The van der Waals surface area contributed by atoms with E-state index < -0.39 is 11.8 Å². The second-order valence-electron chi connectivity index (χ2n) is 7.42. The van der Waals surface area contributed by atoms with Gasteiger partial charge in [0.15, 0.2) is 0 Å². The molecule has 2 N–H and O–H groups in total. The molecule has 1 aliphatic heterocycles. The van der Waals surface area contributed by atoms with Crippen molar-refractivity contribution in [2.75, 3.05) is 4.90 Å². The smallest absolute Gasteiger partial charge is 0.271 e. The Bertz CT molecular complexity index is 1350. The number of nitrogens with zero attached hydrogens (tertiary/aromatic N) is 2. The third-order valence-corrected chi connectivity index (χ3v) is 5.42. The van der Waals surface area contributed by atoms with Crippen molar-refractivity contribution < 1.29 is 14.4 Å². The molecular formula is C25H18N4O3. The summed E-state index contributed by atoms with van der Waals surface area (Å²) in [5.74, 6) is -0.927. The molecule has 4 aromatic rings. The number of hydrogen-bond donors (Lipinski definition) is 2. The maximum atomic E-state index is 12.9. The minimum Gasteiger partial charge on any atom is -0.303 e. The van der Waals surface area contributed by atoms with Gasteiger partial charge in [-0.3, -0.25) is 30.2 Å². The fraction of sp³-hybridized carbons (Fsp3) is 0.0400. The first-order valence-electron chi connectivity index (χ1n) is 10.0. The molecule has 156 valence electrons. The van der Waals surface area contributed by atoms with Gasteiger partial charge < -0.3 is 4.90 Å². The highest BCUT2D eigenvalue weighted by molar-refractivity contribution is 6.24. The molecule has 0 radical (unpaired) electrons. The van der Waals surface area contributed by atoms with Gasteiger partial charge in [0.25, 0.3) is 17.7 Å². The Morgan fingerprint density at radius 3 is 2.25 bits per heavy atom. The lowest BCUT2D eigenvalue weighted by atomic mass is 10.1. The monoisotopic (exact) mass is 422 g/mol. The molecule has 3 aromatic carbocycles. The largest absolute Gasteiger partial charge is 0.303 e. The molecule has 0 spiro atoms. The SMILES string of the molecule is O=C(NNC(=O)c1cccnc1)c1ccc(CN2C(=O)c3cccc4cccc2c34)cc1. The fourth-order valence-electron chi connectivity index (χ4n) is 3.84. The number of hydrazine groups is 1. The van der Waals surface area contributed by atoms with Crippen LogP contribution in [0.1, 0.15) is 36.6 Å². The van der Waals surface area contributed by atoms with Crippen LogP contribution in [0, 0.1) is 0 Å². The van der Waals surface area contributed by atoms with Gasteiger partial charge in [-0.1, -0.05) is 36.4 Å². The molecule has 5 rings (SSSR count). The third-order valence-electron chi connectivity index (χ3n) is 5.42. The van der Waals surface area contributed by atoms with Crippen LogP contribution in [-0.4, -0.2) is 22.7 Å². The van der Waals surface area contributed by atoms with Crippen molar-refractivity contribution in [1.82, 2.24) is 15.8 Å². The zero-order valence-electron chi connectivity index (χ0n) is 16.9. The molecule has 0 fully saturated rings. The fourth-order valence-corrected chi connectivity index (χ4v) is 3.84. The minimum atomic E-state index is -0.454. The van der Waals surface area contributed by atoms with E-state index in [2.05, 4.69) is 15.8 Å². The average molecular weight is 422 g/mol. The van der Waals surface area contributed by atoms with Crippen LogP contribution in [0.2, 0.25) is 0 Å². The predicted octanol–water partition coefficient (Wildman–Crippen LogP) is 3.47. The van der Waals surface area contributed by atoms with Crippen molar-refractivity contribution in [2.45, 2.75) is 6.54 Å². The zero-order chi connectivity index (χ0) is 22.1. The number of hydrogen-bond acceptors (Lipinski definition) is 4. The van der Waals surface area contributed by atoms with Crippen LogP contribution in [0.5, 0.6) is 0 Å². The van der Waals surface area contributed by atoms with Crippen molar-refractivity contribution in [1.29, 1.82) is 0 Å². The highest BCUT2D eigenvalue weighted by atomic mass is 16.2. The Labute approximate surface area is 183 Å². The molecule has 0 bridgehead atoms. The maximum Gasteiger partial charge on any atom is 0.271 e. The van der Waals surface area contributed by atoms with Crippen molar-refractivity contribution in [2.24, 2.45) is 0 Å². The summed E-state index contributed by atoms with van der Waals surface area (Å²) in [6.07, 6.45) is 2.97. The molecule has 0 saturated heterocycles. The molecule has 1 aromatic heterocycles. The van der Waals surface area contributed by atoms with E-state index in [9.17, 15) is 14.4 Å². The standard InChI is InChI=1S/C25H18N4O3/c30-23(27-28-24(31)19-6-3-13-26-14-19)18-11-9-16(10-12-18)15-29-21-8-2-5-17-4-1-7-20(22(17)21)25(29)32/h1-14H,15H2,(H,27,30)(H,28,31). The third kappa shape index (κ3) is 3.45. The summed E-state index contributed by atoms with van der Waals surface area (Å²) in [7, 11) is 0. The van der Waals surface area contributed by atoms with Crippen LogP contribution in [0.3, 0.4) is 0 Å². The van der Waals surface area contributed by atoms with E-state index in [0.717, 1.165) is 22.0 Å². The van der Waals surface area contributed by atoms with E-state index in [1.54, 1.807) is 47.5 Å². The van der Waals surface area contributed by atoms with Gasteiger partial charge in [-0.25, -0.2) is 0 Å². The van der Waals surface area contributed by atoms with Crippen molar-refractivity contribution in [3.05, 3.63) is 107 Å². The maximum absolute atomic E-state index is 12.9. The van der Waals surface area contributed by atoms with Crippen LogP contribution >= 0.6 is 0 Å². The number of amides is 3. The first kappa shape index (κ1) is 19.4. The molecule has 3 amide bonds. The van der Waals surface area contributed by atoms with E-state index in [0.29, 0.717) is 23.2 Å². The Balaban J connectivity index is 1.27. The van der Waals surface area contributed by atoms with Crippen LogP contribution in [0.25, 0.3) is 10.8 Å². The van der Waals surface area contributed by atoms with E-state index in [4.69, 9.17) is 0 Å². The topological polar surface area (TPSA) is 91.4 Å². The van der Waals surface area contributed by atoms with Crippen molar-refractivity contribution >= 4 is 34.2 Å². The van der Waals surface area contributed by atoms with Crippen molar-refractivity contribution in [3.8, 4) is 0 Å². The number of benzene rings is 3. The predicted molar refractivity (Wildman–Crippen MR) is 120 cm³/mol. The van der Waals surface area contributed by atoms with E-state index in [1.807, 2.05) is 36.4 Å². The summed E-state index contributed by atoms with van der Waals surface area (Å²) in [5.41, 5.74) is 7.97. The van der Waals surface area contributed by atoms with Crippen LogP contribution in [0.15, 0.2) is 85.2 Å². The number of rotatable bonds is 4. The van der Waals surface area contributed by atoms with Crippen LogP contribution in [0.4, 0.5) is 5.69 Å². The molecule has 7 heteroatoms. The van der Waals surface area contributed by atoms with Gasteiger partial charge in [-0.2, -0.15) is 0 Å². The van der Waals surface area contributed by atoms with Gasteiger partial charge in [0.1, 0.15) is 0 Å². The number of pyridine rings is 1. The van der Waals surface area contributed by atoms with E-state index in [-0.39, 0.29) is 5.91 Å². The molecule has 32 heavy (non-hydrogen) atoms. The van der Waals surface area contributed by atoms with Crippen LogP contribution in [-0.2, 0) is 6.54 Å². The summed E-state index contributed by atoms with van der Waals surface area (Å²) < 4.78 is 0. The Morgan fingerprint density at radius 1 is 0.812 bits per heavy atom. The number of carbonyl (C=O) groups is 3. The summed E-state index contributed by atoms with van der Waals surface area (Å²) in [5, 5.41) is 2.01. The number of nitrogens with one attached hydrogen (secondary N) is 2. The van der Waals surface area contributed by atoms with Gasteiger partial charge in [0, 0.05) is 28.9 Å². The van der Waals surface area contributed by atoms with Gasteiger partial charge in [0.2, 0.25) is 0 Å².